The molecule has 1 aliphatic heterocycles. The quantitative estimate of drug-likeness (QED) is 0.408. The Labute approximate surface area is 198 Å². The number of benzene rings is 2. The lowest BCUT2D eigenvalue weighted by Crippen LogP contribution is -2.18. The third-order valence-corrected chi connectivity index (χ3v) is 7.42. The Morgan fingerprint density at radius 2 is 1.89 bits per heavy atom. The summed E-state index contributed by atoms with van der Waals surface area (Å²) in [6.07, 6.45) is 1.58. The van der Waals surface area contributed by atoms with Crippen LogP contribution in [0.4, 0.5) is 13.2 Å². The Bertz CT molecular complexity index is 1460. The van der Waals surface area contributed by atoms with E-state index in [1.165, 1.54) is 53.9 Å². The van der Waals surface area contributed by atoms with Crippen molar-refractivity contribution >= 4 is 9.84 Å². The molecule has 35 heavy (non-hydrogen) atoms. The van der Waals surface area contributed by atoms with Crippen molar-refractivity contribution in [2.75, 3.05) is 6.61 Å². The first-order chi connectivity index (χ1) is 16.7. The molecule has 180 valence electrons. The van der Waals surface area contributed by atoms with Gasteiger partial charge in [-0.15, -0.1) is 5.10 Å². The lowest BCUT2D eigenvalue weighted by molar-refractivity contribution is -0.137. The number of hydrogen-bond acceptors (Lipinski definition) is 7. The van der Waals surface area contributed by atoms with Crippen LogP contribution < -0.4 is 4.74 Å². The van der Waals surface area contributed by atoms with Gasteiger partial charge in [0.25, 0.3) is 0 Å². The van der Waals surface area contributed by atoms with Crippen LogP contribution in [0.25, 0.3) is 5.69 Å². The third-order valence-electron chi connectivity index (χ3n) is 5.77. The van der Waals surface area contributed by atoms with Crippen molar-refractivity contribution in [1.82, 2.24) is 25.0 Å². The molecule has 1 aliphatic rings. The number of alkyl halides is 3. The third kappa shape index (κ3) is 4.61. The molecule has 0 fully saturated rings. The van der Waals surface area contributed by atoms with Gasteiger partial charge in [0.2, 0.25) is 0 Å². The Morgan fingerprint density at radius 1 is 1.06 bits per heavy atom. The summed E-state index contributed by atoms with van der Waals surface area (Å²) >= 11 is 0. The van der Waals surface area contributed by atoms with Gasteiger partial charge < -0.3 is 4.74 Å². The van der Waals surface area contributed by atoms with Gasteiger partial charge in [0, 0.05) is 17.7 Å². The van der Waals surface area contributed by atoms with Gasteiger partial charge >= 0.3 is 6.18 Å². The van der Waals surface area contributed by atoms with Crippen molar-refractivity contribution < 1.29 is 26.3 Å². The first-order valence-electron chi connectivity index (χ1n) is 10.5. The molecule has 0 spiro atoms. The van der Waals surface area contributed by atoms with Gasteiger partial charge in [-0.25, -0.2) is 23.1 Å². The van der Waals surface area contributed by atoms with E-state index < -0.39 is 21.6 Å². The van der Waals surface area contributed by atoms with Crippen molar-refractivity contribution in [2.24, 2.45) is 0 Å². The molecule has 4 aromatic rings. The lowest BCUT2D eigenvalue weighted by Gasteiger charge is -2.28. The Hall–Kier alpha value is -3.80. The molecule has 2 aromatic heterocycles. The van der Waals surface area contributed by atoms with Crippen molar-refractivity contribution in [1.29, 1.82) is 0 Å². The van der Waals surface area contributed by atoms with Gasteiger partial charge in [0.1, 0.15) is 12.1 Å². The van der Waals surface area contributed by atoms with Gasteiger partial charge in [0.15, 0.2) is 9.84 Å². The average Bonchev–Trinajstić information content (AvgIpc) is 3.38. The lowest BCUT2D eigenvalue weighted by atomic mass is 9.85. The summed E-state index contributed by atoms with van der Waals surface area (Å²) in [4.78, 5) is 7.83. The molecule has 1 atom stereocenters. The predicted octanol–water partition coefficient (Wildman–Crippen LogP) is 3.96. The average molecular weight is 501 g/mol. The summed E-state index contributed by atoms with van der Waals surface area (Å²) in [7, 11) is -3.71. The molecule has 0 saturated carbocycles. The Kier molecular flexibility index (Phi) is 5.75. The number of nitrogens with zero attached hydrogens (tertiary/aromatic N) is 5. The predicted molar refractivity (Wildman–Crippen MR) is 118 cm³/mol. The maximum atomic E-state index is 13.4. The van der Waals surface area contributed by atoms with Crippen LogP contribution in [0.2, 0.25) is 0 Å². The summed E-state index contributed by atoms with van der Waals surface area (Å²) < 4.78 is 73.1. The number of halogens is 3. The minimum Gasteiger partial charge on any atom is -0.493 e. The number of ether oxygens (including phenoxy) is 1. The van der Waals surface area contributed by atoms with Crippen LogP contribution >= 0.6 is 0 Å². The van der Waals surface area contributed by atoms with E-state index in [4.69, 9.17) is 4.74 Å². The maximum absolute atomic E-state index is 13.4. The van der Waals surface area contributed by atoms with Crippen LogP contribution in [0.3, 0.4) is 0 Å². The first-order valence-corrected chi connectivity index (χ1v) is 12.2. The Balaban J connectivity index is 1.54. The molecule has 5 rings (SSSR count). The zero-order valence-corrected chi connectivity index (χ0v) is 18.9. The van der Waals surface area contributed by atoms with E-state index in [2.05, 4.69) is 20.3 Å². The largest absolute Gasteiger partial charge is 0.493 e. The fraction of sp³-hybridized carbons (Fsp3) is 0.217. The van der Waals surface area contributed by atoms with Crippen LogP contribution in [0.5, 0.6) is 5.75 Å². The van der Waals surface area contributed by atoms with E-state index in [1.54, 1.807) is 6.07 Å². The molecular weight excluding hydrogens is 483 g/mol. The maximum Gasteiger partial charge on any atom is 0.416 e. The summed E-state index contributed by atoms with van der Waals surface area (Å²) in [5.41, 5.74) is 1.09. The molecule has 2 aromatic carbocycles. The molecule has 0 unspecified atom stereocenters. The molecular formula is C23H18F3N5O3S. The van der Waals surface area contributed by atoms with Crippen molar-refractivity contribution in [3.63, 3.8) is 0 Å². The van der Waals surface area contributed by atoms with Gasteiger partial charge in [-0.1, -0.05) is 17.3 Å². The number of rotatable bonds is 5. The van der Waals surface area contributed by atoms with Gasteiger partial charge in [-0.3, -0.25) is 0 Å². The SMILES string of the molecule is O=S(=O)(Cc1ccncn1)c1ccc2c(c1)OCC[C@H]2c1ccc(C(F)(F)F)cc1-n1ccnn1. The first kappa shape index (κ1) is 23.0. The number of aromatic nitrogens is 5. The molecule has 8 nitrogen and oxygen atoms in total. The molecule has 0 aliphatic carbocycles. The summed E-state index contributed by atoms with van der Waals surface area (Å²) in [6, 6.07) is 9.62. The smallest absolute Gasteiger partial charge is 0.416 e. The van der Waals surface area contributed by atoms with Gasteiger partial charge in [-0.05, 0) is 42.3 Å². The molecule has 3 heterocycles. The number of hydrogen-bond donors (Lipinski definition) is 0. The minimum absolute atomic E-state index is 0.0689. The number of sulfone groups is 1. The van der Waals surface area contributed by atoms with E-state index in [9.17, 15) is 21.6 Å². The van der Waals surface area contributed by atoms with Crippen LogP contribution in [-0.4, -0.2) is 40.0 Å². The van der Waals surface area contributed by atoms with E-state index in [0.717, 1.165) is 12.1 Å². The molecule has 12 heteroatoms. The second-order valence-electron chi connectivity index (χ2n) is 7.97. The molecule has 0 N–H and O–H groups in total. The highest BCUT2D eigenvalue weighted by molar-refractivity contribution is 7.90. The second kappa shape index (κ2) is 8.77. The van der Waals surface area contributed by atoms with E-state index >= 15 is 0 Å². The van der Waals surface area contributed by atoms with Crippen molar-refractivity contribution in [2.45, 2.75) is 29.2 Å². The highest BCUT2D eigenvalue weighted by Gasteiger charge is 2.33. The highest BCUT2D eigenvalue weighted by atomic mass is 32.2. The monoisotopic (exact) mass is 501 g/mol. The molecule has 0 radical (unpaired) electrons. The van der Waals surface area contributed by atoms with E-state index in [0.29, 0.717) is 29.0 Å². The summed E-state index contributed by atoms with van der Waals surface area (Å²) in [6.45, 7) is 0.269. The van der Waals surface area contributed by atoms with Crippen LogP contribution in [0, 0.1) is 0 Å². The van der Waals surface area contributed by atoms with Crippen LogP contribution in [-0.2, 0) is 21.8 Å². The topological polar surface area (TPSA) is 99.9 Å². The zero-order chi connectivity index (χ0) is 24.6. The second-order valence-corrected chi connectivity index (χ2v) is 9.96. The van der Waals surface area contributed by atoms with E-state index in [1.807, 2.05) is 0 Å². The normalized spacial score (nSPS) is 15.9. The fourth-order valence-corrected chi connectivity index (χ4v) is 5.41. The standard InChI is InChI=1S/C23H18F3N5O3S/c24-23(25,26)15-1-3-19(21(11-15)31-9-8-29-30-31)18-6-10-34-22-12-17(2-4-20(18)22)35(32,33)13-16-5-7-27-14-28-16/h1-5,7-9,11-12,14,18H,6,10,13H2/t18-/m0/s1. The van der Waals surface area contributed by atoms with Crippen LogP contribution in [0.15, 0.2) is 72.3 Å². The number of fused-ring (bicyclic) bond motifs is 1. The summed E-state index contributed by atoms with van der Waals surface area (Å²) in [5, 5.41) is 7.61. The highest BCUT2D eigenvalue weighted by Crippen LogP contribution is 2.42. The minimum atomic E-state index is -4.52. The summed E-state index contributed by atoms with van der Waals surface area (Å²) in [5.74, 6) is -0.263. The van der Waals surface area contributed by atoms with Gasteiger partial charge in [-0.2, -0.15) is 13.2 Å². The zero-order valence-electron chi connectivity index (χ0n) is 18.1. The molecule has 0 saturated heterocycles. The van der Waals surface area contributed by atoms with Gasteiger partial charge in [0.05, 0.1) is 46.6 Å². The van der Waals surface area contributed by atoms with E-state index in [-0.39, 0.29) is 28.9 Å². The fourth-order valence-electron chi connectivity index (χ4n) is 4.12. The molecule has 0 amide bonds. The van der Waals surface area contributed by atoms with Crippen LogP contribution in [0.1, 0.15) is 34.7 Å². The Morgan fingerprint density at radius 3 is 2.60 bits per heavy atom. The van der Waals surface area contributed by atoms with Crippen molar-refractivity contribution in [3.05, 3.63) is 89.8 Å². The molecule has 0 bridgehead atoms. The van der Waals surface area contributed by atoms with Crippen molar-refractivity contribution in [3.8, 4) is 11.4 Å².